The molecule has 10 heteroatoms. The SMILES string of the molecule is COc1cc(Nc2nc3ccccc3nc2CS(=O)(=O)c2cccc([N+](=O)[O-])c2)c2ccccc2c1. The Labute approximate surface area is 206 Å². The molecule has 180 valence electrons. The van der Waals surface area contributed by atoms with Crippen LogP contribution in [0.1, 0.15) is 5.69 Å². The first-order valence-electron chi connectivity index (χ1n) is 10.9. The van der Waals surface area contributed by atoms with Gasteiger partial charge in [-0.25, -0.2) is 18.4 Å². The normalized spacial score (nSPS) is 11.5. The lowest BCUT2D eigenvalue weighted by molar-refractivity contribution is -0.385. The highest BCUT2D eigenvalue weighted by atomic mass is 32.2. The van der Waals surface area contributed by atoms with Gasteiger partial charge >= 0.3 is 0 Å². The molecule has 0 fully saturated rings. The van der Waals surface area contributed by atoms with E-state index in [9.17, 15) is 18.5 Å². The fraction of sp³-hybridized carbons (Fsp3) is 0.0769. The van der Waals surface area contributed by atoms with E-state index in [-0.39, 0.29) is 22.1 Å². The molecule has 0 bridgehead atoms. The molecular formula is C26H20N4O5S. The summed E-state index contributed by atoms with van der Waals surface area (Å²) in [4.78, 5) is 19.6. The summed E-state index contributed by atoms with van der Waals surface area (Å²) in [5.74, 6) is 0.382. The fourth-order valence-electron chi connectivity index (χ4n) is 3.92. The molecule has 0 unspecified atom stereocenters. The molecule has 36 heavy (non-hydrogen) atoms. The summed E-state index contributed by atoms with van der Waals surface area (Å²) in [6.07, 6.45) is 0. The molecule has 0 spiro atoms. The Kier molecular flexibility index (Phi) is 5.95. The van der Waals surface area contributed by atoms with Crippen LogP contribution in [0.5, 0.6) is 5.75 Å². The summed E-state index contributed by atoms with van der Waals surface area (Å²) in [6, 6.07) is 23.5. The van der Waals surface area contributed by atoms with E-state index < -0.39 is 20.5 Å². The molecule has 0 saturated carbocycles. The molecule has 1 N–H and O–H groups in total. The Bertz CT molecular complexity index is 1740. The van der Waals surface area contributed by atoms with E-state index in [4.69, 9.17) is 4.74 Å². The van der Waals surface area contributed by atoms with Gasteiger partial charge < -0.3 is 10.1 Å². The van der Waals surface area contributed by atoms with Crippen LogP contribution in [-0.4, -0.2) is 30.4 Å². The van der Waals surface area contributed by atoms with Gasteiger partial charge in [0.05, 0.1) is 39.3 Å². The molecule has 0 aliphatic heterocycles. The standard InChI is InChI=1S/C26H20N4O5S/c1-35-19-13-17-7-2-3-10-21(17)24(15-19)29-26-25(27-22-11-4-5-12-23(22)28-26)16-36(33,34)20-9-6-8-18(14-20)30(31)32/h2-15H,16H2,1H3,(H,28,29). The van der Waals surface area contributed by atoms with Gasteiger partial charge in [0, 0.05) is 23.6 Å². The molecule has 1 aromatic heterocycles. The van der Waals surface area contributed by atoms with Crippen LogP contribution in [0.4, 0.5) is 17.2 Å². The molecule has 5 aromatic rings. The Morgan fingerprint density at radius 3 is 2.39 bits per heavy atom. The number of benzene rings is 4. The fourth-order valence-corrected chi connectivity index (χ4v) is 5.24. The molecule has 0 saturated heterocycles. The van der Waals surface area contributed by atoms with Crippen LogP contribution in [0.25, 0.3) is 21.8 Å². The van der Waals surface area contributed by atoms with Crippen molar-refractivity contribution in [3.63, 3.8) is 0 Å². The zero-order valence-corrected chi connectivity index (χ0v) is 19.9. The second-order valence-corrected chi connectivity index (χ2v) is 10.0. The average Bonchev–Trinajstić information content (AvgIpc) is 2.88. The highest BCUT2D eigenvalue weighted by Gasteiger charge is 2.23. The maximum absolute atomic E-state index is 13.3. The number of hydrogen-bond acceptors (Lipinski definition) is 8. The minimum atomic E-state index is -3.98. The van der Waals surface area contributed by atoms with Crippen LogP contribution in [0, 0.1) is 10.1 Å². The van der Waals surface area contributed by atoms with E-state index in [0.717, 1.165) is 16.8 Å². The number of rotatable bonds is 7. The van der Waals surface area contributed by atoms with Crippen molar-refractivity contribution in [2.45, 2.75) is 10.6 Å². The number of ether oxygens (including phenoxy) is 1. The largest absolute Gasteiger partial charge is 0.497 e. The van der Waals surface area contributed by atoms with Crippen molar-refractivity contribution in [1.82, 2.24) is 9.97 Å². The highest BCUT2D eigenvalue weighted by Crippen LogP contribution is 2.33. The predicted molar refractivity (Wildman–Crippen MR) is 137 cm³/mol. The summed E-state index contributed by atoms with van der Waals surface area (Å²) in [5, 5.41) is 16.2. The first kappa shape index (κ1) is 23.2. The number of para-hydroxylation sites is 2. The molecule has 0 radical (unpaired) electrons. The molecule has 4 aromatic carbocycles. The average molecular weight is 501 g/mol. The van der Waals surface area contributed by atoms with E-state index in [2.05, 4.69) is 15.3 Å². The molecule has 0 amide bonds. The van der Waals surface area contributed by atoms with Gasteiger partial charge in [0.2, 0.25) is 0 Å². The molecule has 9 nitrogen and oxygen atoms in total. The Morgan fingerprint density at radius 1 is 0.917 bits per heavy atom. The van der Waals surface area contributed by atoms with Gasteiger partial charge in [-0.05, 0) is 29.7 Å². The van der Waals surface area contributed by atoms with Crippen molar-refractivity contribution >= 4 is 48.8 Å². The number of nitro benzene ring substituents is 1. The van der Waals surface area contributed by atoms with E-state index in [1.54, 1.807) is 31.4 Å². The van der Waals surface area contributed by atoms with Crippen LogP contribution < -0.4 is 10.1 Å². The van der Waals surface area contributed by atoms with Crippen molar-refractivity contribution in [2.24, 2.45) is 0 Å². The molecule has 0 atom stereocenters. The van der Waals surface area contributed by atoms with Crippen LogP contribution >= 0.6 is 0 Å². The molecule has 0 aliphatic rings. The van der Waals surface area contributed by atoms with Crippen LogP contribution in [-0.2, 0) is 15.6 Å². The lowest BCUT2D eigenvalue weighted by Gasteiger charge is -2.15. The summed E-state index contributed by atoms with van der Waals surface area (Å²) in [7, 11) is -2.41. The number of nitro groups is 1. The third kappa shape index (κ3) is 4.53. The minimum Gasteiger partial charge on any atom is -0.497 e. The third-order valence-corrected chi connectivity index (χ3v) is 7.31. The number of methoxy groups -OCH3 is 1. The van der Waals surface area contributed by atoms with E-state index in [1.807, 2.05) is 36.4 Å². The van der Waals surface area contributed by atoms with Crippen molar-refractivity contribution in [1.29, 1.82) is 0 Å². The molecule has 1 heterocycles. The van der Waals surface area contributed by atoms with Crippen LogP contribution in [0.15, 0.2) is 89.8 Å². The summed E-state index contributed by atoms with van der Waals surface area (Å²) >= 11 is 0. The number of non-ortho nitro benzene ring substituents is 1. The molecule has 5 rings (SSSR count). The van der Waals surface area contributed by atoms with Crippen LogP contribution in [0.3, 0.4) is 0 Å². The van der Waals surface area contributed by atoms with Gasteiger partial charge in [0.25, 0.3) is 5.69 Å². The van der Waals surface area contributed by atoms with E-state index in [0.29, 0.717) is 22.5 Å². The second kappa shape index (κ2) is 9.23. The first-order chi connectivity index (χ1) is 17.3. The lowest BCUT2D eigenvalue weighted by atomic mass is 10.1. The van der Waals surface area contributed by atoms with Gasteiger partial charge in [0.15, 0.2) is 15.7 Å². The van der Waals surface area contributed by atoms with Gasteiger partial charge in [-0.2, -0.15) is 0 Å². The Hall–Kier alpha value is -4.57. The smallest absolute Gasteiger partial charge is 0.270 e. The highest BCUT2D eigenvalue weighted by molar-refractivity contribution is 7.90. The monoisotopic (exact) mass is 500 g/mol. The maximum atomic E-state index is 13.3. The quantitative estimate of drug-likeness (QED) is 0.232. The zero-order valence-electron chi connectivity index (χ0n) is 19.1. The molecule has 0 aliphatic carbocycles. The van der Waals surface area contributed by atoms with Gasteiger partial charge in [-0.1, -0.05) is 42.5 Å². The van der Waals surface area contributed by atoms with E-state index in [1.165, 1.54) is 18.2 Å². The Morgan fingerprint density at radius 2 is 1.64 bits per heavy atom. The van der Waals surface area contributed by atoms with Crippen molar-refractivity contribution in [3.8, 4) is 5.75 Å². The van der Waals surface area contributed by atoms with Crippen molar-refractivity contribution in [3.05, 3.63) is 101 Å². The Balaban J connectivity index is 1.63. The lowest BCUT2D eigenvalue weighted by Crippen LogP contribution is -2.11. The number of sulfone groups is 1. The van der Waals surface area contributed by atoms with Gasteiger partial charge in [-0.15, -0.1) is 0 Å². The second-order valence-electron chi connectivity index (χ2n) is 8.04. The summed E-state index contributed by atoms with van der Waals surface area (Å²) in [6.45, 7) is 0. The van der Waals surface area contributed by atoms with Gasteiger partial charge in [-0.3, -0.25) is 10.1 Å². The number of aromatic nitrogens is 2. The topological polar surface area (TPSA) is 124 Å². The van der Waals surface area contributed by atoms with Crippen LogP contribution in [0.2, 0.25) is 0 Å². The number of nitrogens with zero attached hydrogens (tertiary/aromatic N) is 3. The minimum absolute atomic E-state index is 0.163. The summed E-state index contributed by atoms with van der Waals surface area (Å²) < 4.78 is 32.0. The summed E-state index contributed by atoms with van der Waals surface area (Å²) in [5.41, 5.74) is 1.67. The van der Waals surface area contributed by atoms with Gasteiger partial charge in [0.1, 0.15) is 11.5 Å². The zero-order chi connectivity index (χ0) is 25.3. The predicted octanol–water partition coefficient (Wildman–Crippen LogP) is 5.42. The number of nitrogens with one attached hydrogen (secondary N) is 1. The van der Waals surface area contributed by atoms with Crippen molar-refractivity contribution in [2.75, 3.05) is 12.4 Å². The molecular weight excluding hydrogens is 480 g/mol. The first-order valence-corrected chi connectivity index (χ1v) is 12.6. The van der Waals surface area contributed by atoms with E-state index >= 15 is 0 Å². The number of anilines is 2. The third-order valence-electron chi connectivity index (χ3n) is 5.68. The number of hydrogen-bond donors (Lipinski definition) is 1. The number of fused-ring (bicyclic) bond motifs is 2. The van der Waals surface area contributed by atoms with Crippen molar-refractivity contribution < 1.29 is 18.1 Å². The maximum Gasteiger partial charge on any atom is 0.270 e.